The summed E-state index contributed by atoms with van der Waals surface area (Å²) in [5, 5.41) is 25.2. The van der Waals surface area contributed by atoms with Crippen LogP contribution in [0.3, 0.4) is 0 Å². The van der Waals surface area contributed by atoms with Crippen molar-refractivity contribution in [1.82, 2.24) is 5.16 Å². The number of fused-ring (bicyclic) bond motifs is 1. The minimum absolute atomic E-state index is 0.0188. The molecule has 1 aromatic heterocycles. The molecule has 1 atom stereocenters. The Hall–Kier alpha value is -4.21. The maximum atomic E-state index is 12.8. The third-order valence-corrected chi connectivity index (χ3v) is 7.02. The molecule has 0 aliphatic heterocycles. The van der Waals surface area contributed by atoms with Crippen LogP contribution in [0.5, 0.6) is 0 Å². The van der Waals surface area contributed by atoms with E-state index < -0.39 is 27.6 Å². The Labute approximate surface area is 194 Å². The molecular weight excluding hydrogens is 485 g/mol. The van der Waals surface area contributed by atoms with E-state index in [9.17, 15) is 19.5 Å². The van der Waals surface area contributed by atoms with Crippen molar-refractivity contribution in [2.75, 3.05) is 5.32 Å². The summed E-state index contributed by atoms with van der Waals surface area (Å²) < 4.78 is 6.21. The number of carbonyl (C=O) groups is 3. The second-order valence-corrected chi connectivity index (χ2v) is 9.99. The van der Waals surface area contributed by atoms with Gasteiger partial charge in [0, 0.05) is 0 Å². The van der Waals surface area contributed by atoms with Crippen molar-refractivity contribution in [3.8, 4) is 6.07 Å². The SMILES string of the molecule is N#Cc1ccc(NC(=O)c2noc3ccc([AsH]C(=O)Cc4ccccc4)cc23)c(C(=O)O)c1. The van der Waals surface area contributed by atoms with Crippen molar-refractivity contribution in [3.63, 3.8) is 0 Å². The number of rotatable bonds is 7. The standard InChI is InChI=1S/C24H16AsN3O5/c26-13-15-6-8-19(17(10-15)24(31)32)27-23(30)22-18-12-16(7-9-20(18)33-28-22)25-21(29)11-14-4-2-1-3-5-14/h1-10,12,25H,11H2,(H,27,30)(H,31,32). The number of aromatic nitrogens is 1. The van der Waals surface area contributed by atoms with Gasteiger partial charge in [-0.2, -0.15) is 0 Å². The summed E-state index contributed by atoms with van der Waals surface area (Å²) >= 11 is -1.12. The van der Waals surface area contributed by atoms with E-state index in [1.165, 1.54) is 18.2 Å². The molecule has 4 aromatic rings. The maximum absolute atomic E-state index is 12.8. The molecule has 0 saturated carbocycles. The van der Waals surface area contributed by atoms with Crippen LogP contribution >= 0.6 is 0 Å². The third-order valence-electron chi connectivity index (χ3n) is 4.80. The Bertz CT molecular complexity index is 1420. The predicted molar refractivity (Wildman–Crippen MR) is 122 cm³/mol. The number of nitriles is 1. The van der Waals surface area contributed by atoms with E-state index in [0.717, 1.165) is 9.91 Å². The fourth-order valence-corrected chi connectivity index (χ4v) is 5.34. The number of hydrogen-bond donors (Lipinski definition) is 2. The normalized spacial score (nSPS) is 10.9. The van der Waals surface area contributed by atoms with Gasteiger partial charge < -0.3 is 0 Å². The van der Waals surface area contributed by atoms with Crippen molar-refractivity contribution in [3.05, 3.63) is 89.1 Å². The fourth-order valence-electron chi connectivity index (χ4n) is 3.25. The molecule has 0 saturated heterocycles. The molecule has 9 heteroatoms. The van der Waals surface area contributed by atoms with Crippen LogP contribution in [0.25, 0.3) is 11.0 Å². The molecule has 3 aromatic carbocycles. The van der Waals surface area contributed by atoms with Crippen LogP contribution < -0.4 is 9.67 Å². The van der Waals surface area contributed by atoms with Crippen molar-refractivity contribution in [2.24, 2.45) is 0 Å². The van der Waals surface area contributed by atoms with Crippen LogP contribution in [-0.4, -0.2) is 42.5 Å². The Morgan fingerprint density at radius 3 is 2.58 bits per heavy atom. The first-order valence-electron chi connectivity index (χ1n) is 9.76. The average Bonchev–Trinajstić information content (AvgIpc) is 3.23. The number of carboxylic acids is 1. The number of anilines is 1. The number of amides is 1. The van der Waals surface area contributed by atoms with E-state index in [4.69, 9.17) is 9.78 Å². The van der Waals surface area contributed by atoms with E-state index in [1.54, 1.807) is 18.2 Å². The molecule has 0 fully saturated rings. The van der Waals surface area contributed by atoms with Crippen LogP contribution in [0.2, 0.25) is 0 Å². The number of benzene rings is 3. The molecule has 0 radical (unpaired) electrons. The van der Waals surface area contributed by atoms with Gasteiger partial charge in [0.2, 0.25) is 0 Å². The Morgan fingerprint density at radius 2 is 1.85 bits per heavy atom. The summed E-state index contributed by atoms with van der Waals surface area (Å²) in [7, 11) is 0. The number of carbonyl (C=O) groups excluding carboxylic acids is 2. The van der Waals surface area contributed by atoms with E-state index in [0.29, 0.717) is 17.4 Å². The zero-order valence-corrected chi connectivity index (χ0v) is 19.1. The van der Waals surface area contributed by atoms with E-state index in [1.807, 2.05) is 36.4 Å². The van der Waals surface area contributed by atoms with Crippen molar-refractivity contribution in [2.45, 2.75) is 6.42 Å². The average molecular weight is 501 g/mol. The van der Waals surface area contributed by atoms with Gasteiger partial charge in [-0.25, -0.2) is 0 Å². The Morgan fingerprint density at radius 1 is 1.06 bits per heavy atom. The molecule has 33 heavy (non-hydrogen) atoms. The van der Waals surface area contributed by atoms with Gasteiger partial charge in [0.05, 0.1) is 0 Å². The molecule has 0 aliphatic carbocycles. The first kappa shape index (κ1) is 22.0. The molecule has 1 heterocycles. The topological polar surface area (TPSA) is 133 Å². The molecule has 0 aliphatic rings. The minimum atomic E-state index is -1.28. The van der Waals surface area contributed by atoms with Crippen LogP contribution in [0.4, 0.5) is 5.69 Å². The van der Waals surface area contributed by atoms with Crippen LogP contribution in [0, 0.1) is 11.3 Å². The number of hydrogen-bond acceptors (Lipinski definition) is 6. The second-order valence-electron chi connectivity index (χ2n) is 7.08. The molecular formula is C24H16AsN3O5. The summed E-state index contributed by atoms with van der Waals surface area (Å²) in [6.45, 7) is 0. The molecule has 0 bridgehead atoms. The molecule has 0 spiro atoms. The summed E-state index contributed by atoms with van der Waals surface area (Å²) in [4.78, 5) is 36.9. The summed E-state index contributed by atoms with van der Waals surface area (Å²) in [5.41, 5.74) is 1.29. The molecule has 8 nitrogen and oxygen atoms in total. The van der Waals surface area contributed by atoms with E-state index in [2.05, 4.69) is 10.5 Å². The van der Waals surface area contributed by atoms with Gasteiger partial charge in [-0.15, -0.1) is 0 Å². The number of nitrogens with one attached hydrogen (secondary N) is 1. The predicted octanol–water partition coefficient (Wildman–Crippen LogP) is 2.48. The zero-order valence-electron chi connectivity index (χ0n) is 17.0. The first-order valence-corrected chi connectivity index (χ1v) is 11.9. The van der Waals surface area contributed by atoms with Gasteiger partial charge in [0.15, 0.2) is 0 Å². The first-order chi connectivity index (χ1) is 15.9. The van der Waals surface area contributed by atoms with Crippen LogP contribution in [0.15, 0.2) is 71.3 Å². The van der Waals surface area contributed by atoms with E-state index >= 15 is 0 Å². The van der Waals surface area contributed by atoms with Gasteiger partial charge in [-0.05, 0) is 0 Å². The molecule has 1 amide bonds. The number of nitrogens with zero attached hydrogens (tertiary/aromatic N) is 2. The number of carboxylic acid groups (broad SMARTS) is 1. The quantitative estimate of drug-likeness (QED) is 0.372. The number of aromatic carboxylic acids is 1. The third kappa shape index (κ3) is 5.00. The summed E-state index contributed by atoms with van der Waals surface area (Å²) in [5.74, 6) is -1.94. The molecule has 162 valence electrons. The van der Waals surface area contributed by atoms with E-state index in [-0.39, 0.29) is 27.1 Å². The van der Waals surface area contributed by atoms with Gasteiger partial charge in [-0.3, -0.25) is 0 Å². The summed E-state index contributed by atoms with van der Waals surface area (Å²) in [6, 6.07) is 20.5. The Kier molecular flexibility index (Phi) is 6.34. The molecule has 4 rings (SSSR count). The van der Waals surface area contributed by atoms with Gasteiger partial charge >= 0.3 is 195 Å². The monoisotopic (exact) mass is 501 g/mol. The van der Waals surface area contributed by atoms with Gasteiger partial charge in [-0.1, -0.05) is 0 Å². The van der Waals surface area contributed by atoms with Crippen LogP contribution in [0.1, 0.15) is 32.0 Å². The van der Waals surface area contributed by atoms with Gasteiger partial charge in [0.25, 0.3) is 0 Å². The van der Waals surface area contributed by atoms with Crippen molar-refractivity contribution < 1.29 is 24.0 Å². The molecule has 2 N–H and O–H groups in total. The van der Waals surface area contributed by atoms with Crippen LogP contribution in [-0.2, 0) is 11.2 Å². The molecule has 1 unspecified atom stereocenters. The van der Waals surface area contributed by atoms with Crippen molar-refractivity contribution in [1.29, 1.82) is 5.26 Å². The fraction of sp³-hybridized carbons (Fsp3) is 0.0417. The zero-order chi connectivity index (χ0) is 23.4. The Balaban J connectivity index is 1.56. The summed E-state index contributed by atoms with van der Waals surface area (Å²) in [6.07, 6.45) is 0.354. The van der Waals surface area contributed by atoms with Crippen molar-refractivity contribution >= 4 is 53.2 Å². The van der Waals surface area contributed by atoms with Gasteiger partial charge in [0.1, 0.15) is 0 Å². The second kappa shape index (κ2) is 9.51.